The van der Waals surface area contributed by atoms with E-state index < -0.39 is 0 Å². The van der Waals surface area contributed by atoms with Crippen molar-refractivity contribution >= 4 is 29.1 Å². The molecule has 0 saturated carbocycles. The molecule has 0 aliphatic carbocycles. The van der Waals surface area contributed by atoms with Gasteiger partial charge in [0.25, 0.3) is 5.91 Å². The highest BCUT2D eigenvalue weighted by molar-refractivity contribution is 6.31. The minimum absolute atomic E-state index is 0.0937. The van der Waals surface area contributed by atoms with Gasteiger partial charge in [-0.05, 0) is 42.3 Å². The molecule has 6 nitrogen and oxygen atoms in total. The summed E-state index contributed by atoms with van der Waals surface area (Å²) in [6.45, 7) is 0.754. The second-order valence-electron chi connectivity index (χ2n) is 6.85. The number of hydrogen-bond acceptors (Lipinski definition) is 4. The monoisotopic (exact) mass is 421 g/mol. The fourth-order valence-electron chi connectivity index (χ4n) is 3.30. The smallest absolute Gasteiger partial charge is 0.263 e. The summed E-state index contributed by atoms with van der Waals surface area (Å²) in [4.78, 5) is 31.2. The Bertz CT molecular complexity index is 1090. The molecule has 152 valence electrons. The lowest BCUT2D eigenvalue weighted by Gasteiger charge is -2.21. The number of amides is 2. The fraction of sp³-hybridized carbons (Fsp3) is 0.174. The van der Waals surface area contributed by atoms with Crippen LogP contribution in [-0.2, 0) is 11.3 Å². The van der Waals surface area contributed by atoms with E-state index >= 15 is 0 Å². The zero-order valence-electron chi connectivity index (χ0n) is 16.2. The van der Waals surface area contributed by atoms with Crippen LogP contribution in [0.1, 0.15) is 28.8 Å². The van der Waals surface area contributed by atoms with Crippen molar-refractivity contribution in [2.24, 2.45) is 0 Å². The summed E-state index contributed by atoms with van der Waals surface area (Å²) in [7, 11) is 0. The molecule has 1 aliphatic rings. The summed E-state index contributed by atoms with van der Waals surface area (Å²) >= 11 is 6.12. The Morgan fingerprint density at radius 3 is 2.73 bits per heavy atom. The number of carbonyl (C=O) groups excluding carboxylic acids is 2. The molecule has 3 aromatic rings. The van der Waals surface area contributed by atoms with Crippen LogP contribution in [0.5, 0.6) is 11.6 Å². The van der Waals surface area contributed by atoms with Gasteiger partial charge in [0.2, 0.25) is 11.8 Å². The number of rotatable bonds is 6. The van der Waals surface area contributed by atoms with Gasteiger partial charge >= 0.3 is 0 Å². The topological polar surface area (TPSA) is 71.5 Å². The number of halogens is 1. The molecule has 0 radical (unpaired) electrons. The van der Waals surface area contributed by atoms with Crippen LogP contribution in [-0.4, -0.2) is 23.3 Å². The number of hydrogen-bond donors (Lipinski definition) is 1. The maximum atomic E-state index is 13.1. The van der Waals surface area contributed by atoms with Crippen molar-refractivity contribution in [2.75, 3.05) is 11.4 Å². The highest BCUT2D eigenvalue weighted by Crippen LogP contribution is 2.37. The number of nitrogens with one attached hydrogen (secondary N) is 1. The van der Waals surface area contributed by atoms with Gasteiger partial charge in [-0.15, -0.1) is 0 Å². The molecular formula is C23H20ClN3O3. The first-order chi connectivity index (χ1) is 14.6. The van der Waals surface area contributed by atoms with E-state index in [-0.39, 0.29) is 24.1 Å². The lowest BCUT2D eigenvalue weighted by Crippen LogP contribution is -2.32. The molecule has 1 N–H and O–H groups in total. The number of para-hydroxylation sites is 2. The summed E-state index contributed by atoms with van der Waals surface area (Å²) in [5.74, 6) is 0.560. The van der Waals surface area contributed by atoms with Crippen molar-refractivity contribution in [3.63, 3.8) is 0 Å². The molecule has 2 amide bonds. The number of pyridine rings is 1. The SMILES string of the molecule is O=C(CCCN1C(=O)c2cccnc2Oc2ccccc21)NCc1ccccc1Cl. The summed E-state index contributed by atoms with van der Waals surface area (Å²) in [5, 5.41) is 3.50. The Labute approximate surface area is 179 Å². The Morgan fingerprint density at radius 2 is 1.87 bits per heavy atom. The van der Waals surface area contributed by atoms with Crippen LogP contribution in [0.2, 0.25) is 5.02 Å². The van der Waals surface area contributed by atoms with Gasteiger partial charge in [0.05, 0.1) is 5.69 Å². The summed E-state index contributed by atoms with van der Waals surface area (Å²) in [5.41, 5.74) is 1.93. The van der Waals surface area contributed by atoms with Crippen molar-refractivity contribution in [3.05, 3.63) is 83.0 Å². The normalized spacial score (nSPS) is 12.4. The number of nitrogens with zero attached hydrogens (tertiary/aromatic N) is 2. The summed E-state index contributed by atoms with van der Waals surface area (Å²) < 4.78 is 5.86. The fourth-order valence-corrected chi connectivity index (χ4v) is 3.51. The molecular weight excluding hydrogens is 402 g/mol. The third kappa shape index (κ3) is 4.28. The number of fused-ring (bicyclic) bond motifs is 2. The van der Waals surface area contributed by atoms with Crippen molar-refractivity contribution in [2.45, 2.75) is 19.4 Å². The maximum Gasteiger partial charge on any atom is 0.263 e. The van der Waals surface area contributed by atoms with Gasteiger partial charge in [-0.3, -0.25) is 9.59 Å². The molecule has 0 atom stereocenters. The van der Waals surface area contributed by atoms with Gasteiger partial charge in [0.1, 0.15) is 5.56 Å². The number of benzene rings is 2. The van der Waals surface area contributed by atoms with Crippen LogP contribution in [0.4, 0.5) is 5.69 Å². The summed E-state index contributed by atoms with van der Waals surface area (Å²) in [6, 6.07) is 18.1. The molecule has 1 aromatic heterocycles. The molecule has 0 fully saturated rings. The molecule has 0 saturated heterocycles. The van der Waals surface area contributed by atoms with Crippen molar-refractivity contribution in [3.8, 4) is 11.6 Å². The van der Waals surface area contributed by atoms with E-state index in [0.29, 0.717) is 41.5 Å². The Balaban J connectivity index is 1.41. The molecule has 2 heterocycles. The van der Waals surface area contributed by atoms with Gasteiger partial charge < -0.3 is 15.0 Å². The quantitative estimate of drug-likeness (QED) is 0.632. The number of carbonyl (C=O) groups is 2. The lowest BCUT2D eigenvalue weighted by atomic mass is 10.2. The van der Waals surface area contributed by atoms with Crippen LogP contribution in [0.15, 0.2) is 66.9 Å². The van der Waals surface area contributed by atoms with Gasteiger partial charge in [0, 0.05) is 30.7 Å². The van der Waals surface area contributed by atoms with E-state index in [2.05, 4.69) is 10.3 Å². The second kappa shape index (κ2) is 8.97. The van der Waals surface area contributed by atoms with Crippen molar-refractivity contribution < 1.29 is 14.3 Å². The molecule has 0 bridgehead atoms. The predicted molar refractivity (Wildman–Crippen MR) is 115 cm³/mol. The minimum atomic E-state index is -0.195. The van der Waals surface area contributed by atoms with Crippen LogP contribution in [0.25, 0.3) is 0 Å². The average molecular weight is 422 g/mol. The van der Waals surface area contributed by atoms with Gasteiger partial charge in [0.15, 0.2) is 5.75 Å². The standard InChI is InChI=1S/C23H20ClN3O3/c24-18-9-2-1-7-16(18)15-26-21(28)12-6-14-27-19-10-3-4-11-20(19)30-22-17(23(27)29)8-5-13-25-22/h1-5,7-11,13H,6,12,14-15H2,(H,26,28). The lowest BCUT2D eigenvalue weighted by molar-refractivity contribution is -0.121. The van der Waals surface area contributed by atoms with Crippen LogP contribution >= 0.6 is 11.6 Å². The molecule has 7 heteroatoms. The Kier molecular flexibility index (Phi) is 5.95. The highest BCUT2D eigenvalue weighted by Gasteiger charge is 2.28. The molecule has 0 unspecified atom stereocenters. The number of aromatic nitrogens is 1. The van der Waals surface area contributed by atoms with E-state index in [0.717, 1.165) is 5.56 Å². The maximum absolute atomic E-state index is 13.1. The van der Waals surface area contributed by atoms with Gasteiger partial charge in [-0.1, -0.05) is 41.9 Å². The van der Waals surface area contributed by atoms with E-state index in [1.165, 1.54) is 0 Å². The zero-order valence-corrected chi connectivity index (χ0v) is 16.9. The predicted octanol–water partition coefficient (Wildman–Crippen LogP) is 4.58. The average Bonchev–Trinajstić information content (AvgIpc) is 2.88. The third-order valence-electron chi connectivity index (χ3n) is 4.83. The Morgan fingerprint density at radius 1 is 1.07 bits per heavy atom. The molecule has 4 rings (SSSR count). The molecule has 30 heavy (non-hydrogen) atoms. The number of anilines is 1. The third-order valence-corrected chi connectivity index (χ3v) is 5.20. The van der Waals surface area contributed by atoms with Crippen LogP contribution < -0.4 is 15.0 Å². The Hall–Kier alpha value is -3.38. The van der Waals surface area contributed by atoms with E-state index in [1.807, 2.05) is 36.4 Å². The molecule has 2 aromatic carbocycles. The zero-order chi connectivity index (χ0) is 20.9. The first-order valence-electron chi connectivity index (χ1n) is 9.67. The summed E-state index contributed by atoms with van der Waals surface area (Å²) in [6.07, 6.45) is 2.38. The first kappa shape index (κ1) is 19.9. The van der Waals surface area contributed by atoms with E-state index in [4.69, 9.17) is 16.3 Å². The van der Waals surface area contributed by atoms with Crippen LogP contribution in [0, 0.1) is 0 Å². The van der Waals surface area contributed by atoms with Crippen LogP contribution in [0.3, 0.4) is 0 Å². The van der Waals surface area contributed by atoms with Gasteiger partial charge in [-0.2, -0.15) is 0 Å². The van der Waals surface area contributed by atoms with Crippen molar-refractivity contribution in [1.29, 1.82) is 0 Å². The van der Waals surface area contributed by atoms with E-state index in [1.54, 1.807) is 35.4 Å². The largest absolute Gasteiger partial charge is 0.436 e. The van der Waals surface area contributed by atoms with E-state index in [9.17, 15) is 9.59 Å². The molecule has 1 aliphatic heterocycles. The van der Waals surface area contributed by atoms with Crippen molar-refractivity contribution in [1.82, 2.24) is 10.3 Å². The second-order valence-corrected chi connectivity index (χ2v) is 7.26. The first-order valence-corrected chi connectivity index (χ1v) is 10.0. The highest BCUT2D eigenvalue weighted by atomic mass is 35.5. The van der Waals surface area contributed by atoms with Gasteiger partial charge in [-0.25, -0.2) is 4.98 Å². The number of ether oxygens (including phenoxy) is 1. The molecule has 0 spiro atoms. The minimum Gasteiger partial charge on any atom is -0.436 e.